The van der Waals surface area contributed by atoms with Gasteiger partial charge in [0.2, 0.25) is 0 Å². The van der Waals surface area contributed by atoms with Gasteiger partial charge >= 0.3 is 0 Å². The summed E-state index contributed by atoms with van der Waals surface area (Å²) in [6, 6.07) is 0. The Bertz CT molecular complexity index is 72.1. The molecule has 0 amide bonds. The van der Waals surface area contributed by atoms with E-state index in [0.29, 0.717) is 0 Å². The zero-order valence-electron chi connectivity index (χ0n) is 6.45. The highest BCUT2D eigenvalue weighted by Crippen LogP contribution is 2.09. The van der Waals surface area contributed by atoms with Crippen LogP contribution in [-0.4, -0.2) is 0 Å². The average molecular weight is 125 g/mol. The Morgan fingerprint density at radius 1 is 1.33 bits per heavy atom. The first kappa shape index (κ1) is 8.74. The van der Waals surface area contributed by atoms with Gasteiger partial charge in [-0.2, -0.15) is 0 Å². The van der Waals surface area contributed by atoms with Crippen LogP contribution >= 0.6 is 0 Å². The second kappa shape index (κ2) is 5.87. The molecular weight excluding hydrogens is 108 g/mol. The largest absolute Gasteiger partial charge is 0.0999 e. The van der Waals surface area contributed by atoms with Crippen molar-refractivity contribution in [2.24, 2.45) is 0 Å². The molecule has 0 atom stereocenters. The summed E-state index contributed by atoms with van der Waals surface area (Å²) in [6.45, 7) is 9.92. The highest BCUT2D eigenvalue weighted by molar-refractivity contribution is 4.93. The molecule has 0 spiro atoms. The highest BCUT2D eigenvalue weighted by Gasteiger charge is 1.89. The number of unbranched alkanes of at least 4 members (excludes halogenated alkanes) is 1. The third-order valence-electron chi connectivity index (χ3n) is 1.41. The molecule has 1 radical (unpaired) electrons. The van der Waals surface area contributed by atoms with E-state index in [2.05, 4.69) is 20.4 Å². The van der Waals surface area contributed by atoms with Crippen molar-refractivity contribution < 1.29 is 0 Å². The van der Waals surface area contributed by atoms with Gasteiger partial charge in [-0.25, -0.2) is 0 Å². The van der Waals surface area contributed by atoms with Crippen molar-refractivity contribution in [3.05, 3.63) is 19.1 Å². The van der Waals surface area contributed by atoms with Gasteiger partial charge in [-0.3, -0.25) is 0 Å². The Morgan fingerprint density at radius 2 is 2.00 bits per heavy atom. The molecule has 53 valence electrons. The summed E-state index contributed by atoms with van der Waals surface area (Å²) in [7, 11) is 0. The lowest BCUT2D eigenvalue weighted by atomic mass is 10.1. The molecule has 0 fully saturated rings. The third kappa shape index (κ3) is 5.61. The van der Waals surface area contributed by atoms with Gasteiger partial charge in [0.25, 0.3) is 0 Å². The van der Waals surface area contributed by atoms with E-state index in [1.807, 2.05) is 0 Å². The molecule has 9 heavy (non-hydrogen) atoms. The van der Waals surface area contributed by atoms with Gasteiger partial charge in [-0.05, 0) is 25.7 Å². The quantitative estimate of drug-likeness (QED) is 0.494. The Labute approximate surface area is 59.0 Å². The first-order valence-electron chi connectivity index (χ1n) is 3.77. The fourth-order valence-corrected chi connectivity index (χ4v) is 0.802. The van der Waals surface area contributed by atoms with E-state index in [1.54, 1.807) is 0 Å². The Balaban J connectivity index is 3.06. The smallest absolute Gasteiger partial charge is 0.0323 e. The minimum Gasteiger partial charge on any atom is -0.0999 e. The van der Waals surface area contributed by atoms with Crippen LogP contribution in [-0.2, 0) is 0 Å². The predicted octanol–water partition coefficient (Wildman–Crippen LogP) is 3.35. The summed E-state index contributed by atoms with van der Waals surface area (Å²) in [6.07, 6.45) is 5.88. The first-order chi connectivity index (χ1) is 4.31. The van der Waals surface area contributed by atoms with Crippen LogP contribution < -0.4 is 0 Å². The van der Waals surface area contributed by atoms with Crippen LogP contribution in [0.2, 0.25) is 0 Å². The fraction of sp³-hybridized carbons (Fsp3) is 0.667. The van der Waals surface area contributed by atoms with Gasteiger partial charge < -0.3 is 0 Å². The molecule has 0 aromatic rings. The van der Waals surface area contributed by atoms with E-state index < -0.39 is 0 Å². The molecule has 0 saturated heterocycles. The molecular formula is C9H17. The SMILES string of the molecule is [CH2]CCC(=C)CCCC. The summed E-state index contributed by atoms with van der Waals surface area (Å²) in [5, 5.41) is 0. The van der Waals surface area contributed by atoms with E-state index in [4.69, 9.17) is 0 Å². The fourth-order valence-electron chi connectivity index (χ4n) is 0.802. The molecule has 0 heterocycles. The molecule has 0 N–H and O–H groups in total. The van der Waals surface area contributed by atoms with Gasteiger partial charge in [0, 0.05) is 0 Å². The topological polar surface area (TPSA) is 0 Å². The van der Waals surface area contributed by atoms with Crippen molar-refractivity contribution >= 4 is 0 Å². The van der Waals surface area contributed by atoms with Crippen LogP contribution in [0, 0.1) is 6.92 Å². The summed E-state index contributed by atoms with van der Waals surface area (Å²) < 4.78 is 0. The van der Waals surface area contributed by atoms with Crippen LogP contribution in [0.3, 0.4) is 0 Å². The normalized spacial score (nSPS) is 9.56. The first-order valence-corrected chi connectivity index (χ1v) is 3.77. The van der Waals surface area contributed by atoms with E-state index in [1.165, 1.54) is 24.8 Å². The molecule has 0 heteroatoms. The molecule has 0 aromatic carbocycles. The summed E-state index contributed by atoms with van der Waals surface area (Å²) in [4.78, 5) is 0. The summed E-state index contributed by atoms with van der Waals surface area (Å²) in [5.41, 5.74) is 1.37. The zero-order chi connectivity index (χ0) is 7.11. The van der Waals surface area contributed by atoms with Crippen LogP contribution in [0.5, 0.6) is 0 Å². The van der Waals surface area contributed by atoms with Crippen molar-refractivity contribution in [3.8, 4) is 0 Å². The van der Waals surface area contributed by atoms with Gasteiger partial charge in [-0.1, -0.05) is 32.4 Å². The van der Waals surface area contributed by atoms with E-state index in [9.17, 15) is 0 Å². The minimum atomic E-state index is 1.00. The lowest BCUT2D eigenvalue weighted by Crippen LogP contribution is -1.80. The van der Waals surface area contributed by atoms with E-state index in [0.717, 1.165) is 12.8 Å². The lowest BCUT2D eigenvalue weighted by molar-refractivity contribution is 0.756. The van der Waals surface area contributed by atoms with Crippen molar-refractivity contribution in [3.63, 3.8) is 0 Å². The van der Waals surface area contributed by atoms with E-state index >= 15 is 0 Å². The monoisotopic (exact) mass is 125 g/mol. The molecule has 0 bridgehead atoms. The molecule has 0 aliphatic heterocycles. The molecule has 0 saturated carbocycles. The molecule has 0 aromatic heterocycles. The molecule has 0 unspecified atom stereocenters. The van der Waals surface area contributed by atoms with Gasteiger partial charge in [0.1, 0.15) is 0 Å². The number of rotatable bonds is 5. The third-order valence-corrected chi connectivity index (χ3v) is 1.41. The molecule has 0 rings (SSSR count). The second-order valence-corrected chi connectivity index (χ2v) is 2.46. The van der Waals surface area contributed by atoms with Crippen molar-refractivity contribution in [1.82, 2.24) is 0 Å². The highest BCUT2D eigenvalue weighted by atomic mass is 14.0. The molecule has 0 nitrogen and oxygen atoms in total. The predicted molar refractivity (Wildman–Crippen MR) is 43.3 cm³/mol. The number of hydrogen-bond donors (Lipinski definition) is 0. The van der Waals surface area contributed by atoms with Crippen molar-refractivity contribution in [2.75, 3.05) is 0 Å². The second-order valence-electron chi connectivity index (χ2n) is 2.46. The maximum atomic E-state index is 3.94. The maximum Gasteiger partial charge on any atom is -0.0323 e. The van der Waals surface area contributed by atoms with Crippen molar-refractivity contribution in [1.29, 1.82) is 0 Å². The Hall–Kier alpha value is -0.260. The zero-order valence-corrected chi connectivity index (χ0v) is 6.45. The maximum absolute atomic E-state index is 3.94. The van der Waals surface area contributed by atoms with Crippen LogP contribution in [0.1, 0.15) is 39.0 Å². The van der Waals surface area contributed by atoms with Crippen molar-refractivity contribution in [2.45, 2.75) is 39.0 Å². The lowest BCUT2D eigenvalue weighted by Gasteiger charge is -1.99. The molecule has 0 aliphatic rings. The number of allylic oxidation sites excluding steroid dienone is 1. The van der Waals surface area contributed by atoms with E-state index in [-0.39, 0.29) is 0 Å². The Morgan fingerprint density at radius 3 is 2.44 bits per heavy atom. The van der Waals surface area contributed by atoms with Crippen LogP contribution in [0.4, 0.5) is 0 Å². The van der Waals surface area contributed by atoms with Crippen LogP contribution in [0.15, 0.2) is 12.2 Å². The van der Waals surface area contributed by atoms with Gasteiger partial charge in [-0.15, -0.1) is 0 Å². The molecule has 0 aliphatic carbocycles. The summed E-state index contributed by atoms with van der Waals surface area (Å²) in [5.74, 6) is 0. The van der Waals surface area contributed by atoms with Gasteiger partial charge in [0.05, 0.1) is 0 Å². The Kier molecular flexibility index (Phi) is 5.70. The van der Waals surface area contributed by atoms with Gasteiger partial charge in [0.15, 0.2) is 0 Å². The van der Waals surface area contributed by atoms with Crippen LogP contribution in [0.25, 0.3) is 0 Å². The minimum absolute atomic E-state index is 1.00. The average Bonchev–Trinajstić information content (AvgIpc) is 1.85. The standard InChI is InChI=1S/C9H17/c1-4-6-8-9(3)7-5-2/h2-8H2,1H3. The number of hydrogen-bond acceptors (Lipinski definition) is 0. The summed E-state index contributed by atoms with van der Waals surface area (Å²) >= 11 is 0.